The number of amides is 2. The minimum absolute atomic E-state index is 0.156. The van der Waals surface area contributed by atoms with Crippen molar-refractivity contribution < 1.29 is 40.2 Å². The van der Waals surface area contributed by atoms with Crippen molar-refractivity contribution >= 4 is 11.8 Å². The lowest BCUT2D eigenvalue weighted by atomic mass is 9.94. The van der Waals surface area contributed by atoms with E-state index in [4.69, 9.17) is 0 Å². The van der Waals surface area contributed by atoms with Gasteiger partial charge < -0.3 is 41.3 Å². The van der Waals surface area contributed by atoms with Crippen LogP contribution < -0.4 is 10.6 Å². The molecule has 0 saturated carbocycles. The van der Waals surface area contributed by atoms with Gasteiger partial charge in [-0.3, -0.25) is 9.59 Å². The average Bonchev–Trinajstić information content (AvgIpc) is 2.80. The number of carbonyl (C=O) groups is 2. The Bertz CT molecular complexity index is 445. The minimum Gasteiger partial charge on any atom is -0.394 e. The molecule has 2 amide bonds. The van der Waals surface area contributed by atoms with Crippen LogP contribution in [0.1, 0.15) is 64.7 Å². The topological polar surface area (TPSA) is 180 Å². The summed E-state index contributed by atoms with van der Waals surface area (Å²) in [5.74, 6) is -2.87. The summed E-state index contributed by atoms with van der Waals surface area (Å²) in [5.41, 5.74) is -3.37. The molecule has 0 aliphatic carbocycles. The summed E-state index contributed by atoms with van der Waals surface area (Å²) < 4.78 is 0. The lowest BCUT2D eigenvalue weighted by Gasteiger charge is -2.33. The smallest absolute Gasteiger partial charge is 0.233 e. The maximum absolute atomic E-state index is 12.8. The fraction of sp³-hybridized carbons (Fsp3) is 0.905. The monoisotopic (exact) mass is 450 g/mol. The van der Waals surface area contributed by atoms with Crippen LogP contribution in [0.25, 0.3) is 0 Å². The number of hydrogen-bond acceptors (Lipinski definition) is 8. The molecule has 8 N–H and O–H groups in total. The molecule has 0 rings (SSSR count). The lowest BCUT2D eigenvalue weighted by Crippen LogP contribution is -2.62. The van der Waals surface area contributed by atoms with Gasteiger partial charge in [0.05, 0.1) is 39.6 Å². The highest BCUT2D eigenvalue weighted by atomic mass is 16.3. The molecule has 0 unspecified atom stereocenters. The van der Waals surface area contributed by atoms with Crippen LogP contribution in [-0.2, 0) is 9.59 Å². The molecule has 0 atom stereocenters. The highest BCUT2D eigenvalue weighted by Gasteiger charge is 2.38. The maximum atomic E-state index is 12.8. The first-order valence-electron chi connectivity index (χ1n) is 11.1. The third kappa shape index (κ3) is 10.2. The normalized spacial score (nSPS) is 12.3. The number of rotatable bonds is 19. The quantitative estimate of drug-likeness (QED) is 0.0892. The summed E-state index contributed by atoms with van der Waals surface area (Å²) in [6, 6.07) is 0. The summed E-state index contributed by atoms with van der Waals surface area (Å²) in [4.78, 5) is 25.5. The molecule has 0 radical (unpaired) electrons. The predicted molar refractivity (Wildman–Crippen MR) is 115 cm³/mol. The van der Waals surface area contributed by atoms with Crippen molar-refractivity contribution in [2.75, 3.05) is 39.6 Å². The van der Waals surface area contributed by atoms with E-state index in [0.29, 0.717) is 6.42 Å². The van der Waals surface area contributed by atoms with Crippen LogP contribution in [-0.4, -0.2) is 93.2 Å². The number of nitrogens with one attached hydrogen (secondary N) is 2. The van der Waals surface area contributed by atoms with E-state index in [-0.39, 0.29) is 6.42 Å². The molecule has 184 valence electrons. The fourth-order valence-corrected chi connectivity index (χ4v) is 3.10. The summed E-state index contributed by atoms with van der Waals surface area (Å²) >= 11 is 0. The number of hydrogen-bond donors (Lipinski definition) is 8. The molecule has 0 aromatic carbocycles. The van der Waals surface area contributed by atoms with Crippen molar-refractivity contribution in [3.8, 4) is 0 Å². The van der Waals surface area contributed by atoms with Gasteiger partial charge in [0.25, 0.3) is 0 Å². The lowest BCUT2D eigenvalue weighted by molar-refractivity contribution is -0.140. The van der Waals surface area contributed by atoms with Gasteiger partial charge in [-0.1, -0.05) is 58.3 Å². The standard InChI is InChI=1S/C21H42N2O8/c1-2-3-4-5-6-7-8-9-10-17(18(30)22-20(11-24,12-25)13-26)19(31)23-21(14-27,15-28)16-29/h17,24-29H,2-16H2,1H3,(H,22,30)(H,23,31). The largest absolute Gasteiger partial charge is 0.394 e. The Kier molecular flexibility index (Phi) is 15.7. The molecule has 10 nitrogen and oxygen atoms in total. The molecule has 0 aliphatic heterocycles. The first-order valence-corrected chi connectivity index (χ1v) is 11.1. The Balaban J connectivity index is 5.12. The van der Waals surface area contributed by atoms with Gasteiger partial charge in [0.2, 0.25) is 11.8 Å². The SMILES string of the molecule is CCCCCCCCCCC(C(=O)NC(CO)(CO)CO)C(=O)NC(CO)(CO)CO. The van der Waals surface area contributed by atoms with E-state index in [1.54, 1.807) is 0 Å². The highest BCUT2D eigenvalue weighted by molar-refractivity contribution is 6.00. The third-order valence-corrected chi connectivity index (χ3v) is 5.57. The molecule has 10 heteroatoms. The van der Waals surface area contributed by atoms with E-state index >= 15 is 0 Å². The second-order valence-electron chi connectivity index (χ2n) is 8.30. The zero-order valence-corrected chi connectivity index (χ0v) is 18.7. The van der Waals surface area contributed by atoms with Crippen molar-refractivity contribution in [1.82, 2.24) is 10.6 Å². The minimum atomic E-state index is -1.68. The predicted octanol–water partition coefficient (Wildman–Crippen LogP) is -1.20. The molecule has 0 spiro atoms. The number of carbonyl (C=O) groups excluding carboxylic acids is 2. The Morgan fingerprint density at radius 2 is 0.935 bits per heavy atom. The Morgan fingerprint density at radius 3 is 1.26 bits per heavy atom. The van der Waals surface area contributed by atoms with Crippen LogP contribution in [0.4, 0.5) is 0 Å². The molecule has 0 fully saturated rings. The Labute approximate surface area is 184 Å². The number of aliphatic hydroxyl groups excluding tert-OH is 6. The van der Waals surface area contributed by atoms with Crippen molar-refractivity contribution in [2.45, 2.75) is 75.8 Å². The van der Waals surface area contributed by atoms with Crippen LogP contribution in [0.2, 0.25) is 0 Å². The van der Waals surface area contributed by atoms with E-state index in [2.05, 4.69) is 17.6 Å². The molecule has 0 bridgehead atoms. The van der Waals surface area contributed by atoms with Gasteiger partial charge in [0.1, 0.15) is 17.0 Å². The van der Waals surface area contributed by atoms with E-state index < -0.39 is 68.5 Å². The third-order valence-electron chi connectivity index (χ3n) is 5.57. The molecule has 0 aromatic rings. The zero-order valence-electron chi connectivity index (χ0n) is 18.7. The van der Waals surface area contributed by atoms with Gasteiger partial charge >= 0.3 is 0 Å². The maximum Gasteiger partial charge on any atom is 0.233 e. The highest BCUT2D eigenvalue weighted by Crippen LogP contribution is 2.17. The van der Waals surface area contributed by atoms with Crippen molar-refractivity contribution in [2.24, 2.45) is 5.92 Å². The molecule has 31 heavy (non-hydrogen) atoms. The van der Waals surface area contributed by atoms with E-state index in [1.807, 2.05) is 0 Å². The van der Waals surface area contributed by atoms with Crippen molar-refractivity contribution in [3.05, 3.63) is 0 Å². The van der Waals surface area contributed by atoms with Gasteiger partial charge in [-0.15, -0.1) is 0 Å². The second-order valence-corrected chi connectivity index (χ2v) is 8.30. The van der Waals surface area contributed by atoms with Crippen LogP contribution in [0.3, 0.4) is 0 Å². The molecule has 0 saturated heterocycles. The van der Waals surface area contributed by atoms with Crippen molar-refractivity contribution in [1.29, 1.82) is 0 Å². The number of aliphatic hydroxyl groups is 6. The van der Waals surface area contributed by atoms with Crippen molar-refractivity contribution in [3.63, 3.8) is 0 Å². The van der Waals surface area contributed by atoms with Crippen LogP contribution >= 0.6 is 0 Å². The summed E-state index contributed by atoms with van der Waals surface area (Å²) in [6.45, 7) is -2.24. The fourth-order valence-electron chi connectivity index (χ4n) is 3.10. The van der Waals surface area contributed by atoms with Crippen LogP contribution in [0, 0.1) is 5.92 Å². The van der Waals surface area contributed by atoms with Gasteiger partial charge in [-0.2, -0.15) is 0 Å². The first-order chi connectivity index (χ1) is 14.8. The second kappa shape index (κ2) is 16.3. The van der Waals surface area contributed by atoms with Crippen LogP contribution in [0.15, 0.2) is 0 Å². The molecule has 0 aromatic heterocycles. The Morgan fingerprint density at radius 1 is 0.613 bits per heavy atom. The number of unbranched alkanes of at least 4 members (excludes halogenated alkanes) is 7. The zero-order chi connectivity index (χ0) is 23.8. The van der Waals surface area contributed by atoms with Crippen LogP contribution in [0.5, 0.6) is 0 Å². The molecular weight excluding hydrogens is 408 g/mol. The Hall–Kier alpha value is -1.30. The van der Waals surface area contributed by atoms with E-state index in [0.717, 1.165) is 25.7 Å². The summed E-state index contributed by atoms with van der Waals surface area (Å²) in [7, 11) is 0. The van der Waals surface area contributed by atoms with E-state index in [1.165, 1.54) is 19.3 Å². The van der Waals surface area contributed by atoms with Gasteiger partial charge in [0.15, 0.2) is 0 Å². The first kappa shape index (κ1) is 29.7. The summed E-state index contributed by atoms with van der Waals surface area (Å²) in [6.07, 6.45) is 8.23. The average molecular weight is 451 g/mol. The molecule has 0 heterocycles. The van der Waals surface area contributed by atoms with E-state index in [9.17, 15) is 40.2 Å². The van der Waals surface area contributed by atoms with Gasteiger partial charge in [0, 0.05) is 0 Å². The van der Waals surface area contributed by atoms with Gasteiger partial charge in [-0.25, -0.2) is 0 Å². The molecular formula is C21H42N2O8. The molecule has 0 aliphatic rings. The van der Waals surface area contributed by atoms with Gasteiger partial charge in [-0.05, 0) is 6.42 Å². The summed E-state index contributed by atoms with van der Waals surface area (Å²) in [5, 5.41) is 61.4.